The van der Waals surface area contributed by atoms with Gasteiger partial charge in [0.05, 0.1) is 0 Å². The molecule has 2 nitrogen and oxygen atoms in total. The largest absolute Gasteiger partial charge is 0.494 e. The molecule has 2 atom stereocenters. The van der Waals surface area contributed by atoms with Crippen LogP contribution in [0.5, 0.6) is 0 Å². The number of hydrogen-bond donors (Lipinski definition) is 0. The minimum absolute atomic E-state index is 0.191. The summed E-state index contributed by atoms with van der Waals surface area (Å²) in [7, 11) is -0.191. The Morgan fingerprint density at radius 2 is 1.90 bits per heavy atom. The van der Waals surface area contributed by atoms with Crippen molar-refractivity contribution in [3.8, 4) is 0 Å². The van der Waals surface area contributed by atoms with E-state index in [0.29, 0.717) is 18.1 Å². The van der Waals surface area contributed by atoms with Crippen LogP contribution in [0.25, 0.3) is 0 Å². The van der Waals surface area contributed by atoms with Crippen molar-refractivity contribution in [1.29, 1.82) is 0 Å². The molecule has 1 saturated heterocycles. The second-order valence-corrected chi connectivity index (χ2v) is 6.15. The summed E-state index contributed by atoms with van der Waals surface area (Å²) in [5.74, 6) is 0.541. The van der Waals surface area contributed by atoms with Crippen molar-refractivity contribution < 1.29 is 9.31 Å². The highest BCUT2D eigenvalue weighted by molar-refractivity contribution is 6.61. The standard InChI is InChI=1S/C17H27BO2/c1-4-5-7-12-16-13-17(14(2)3)20-18(19-16)15-10-8-6-9-11-15/h6,8-11,14,16-17H,4-5,7,12-13H2,1-3H3/t16-,17-/m1/s1. The van der Waals surface area contributed by atoms with Gasteiger partial charge in [0, 0.05) is 12.2 Å². The van der Waals surface area contributed by atoms with Crippen LogP contribution in [-0.2, 0) is 9.31 Å². The highest BCUT2D eigenvalue weighted by Crippen LogP contribution is 2.25. The molecule has 0 amide bonds. The predicted molar refractivity (Wildman–Crippen MR) is 85.2 cm³/mol. The Balaban J connectivity index is 2.01. The number of rotatable bonds is 6. The van der Waals surface area contributed by atoms with Crippen LogP contribution in [0.3, 0.4) is 0 Å². The van der Waals surface area contributed by atoms with Crippen LogP contribution in [0.2, 0.25) is 0 Å². The highest BCUT2D eigenvalue weighted by atomic mass is 16.6. The smallest absolute Gasteiger partial charge is 0.404 e. The molecule has 20 heavy (non-hydrogen) atoms. The van der Waals surface area contributed by atoms with E-state index in [-0.39, 0.29) is 7.12 Å². The molecular weight excluding hydrogens is 247 g/mol. The number of benzene rings is 1. The average Bonchev–Trinajstić information content (AvgIpc) is 2.48. The molecule has 0 saturated carbocycles. The third-order valence-electron chi connectivity index (χ3n) is 4.05. The molecule has 0 bridgehead atoms. The van der Waals surface area contributed by atoms with Crippen molar-refractivity contribution in [1.82, 2.24) is 0 Å². The number of unbranched alkanes of at least 4 members (excludes halogenated alkanes) is 2. The molecule has 2 rings (SSSR count). The summed E-state index contributed by atoms with van der Waals surface area (Å²) in [4.78, 5) is 0. The second-order valence-electron chi connectivity index (χ2n) is 6.15. The van der Waals surface area contributed by atoms with Gasteiger partial charge in [0.15, 0.2) is 0 Å². The summed E-state index contributed by atoms with van der Waals surface area (Å²) in [6, 6.07) is 10.3. The molecule has 0 N–H and O–H groups in total. The Morgan fingerprint density at radius 3 is 2.55 bits per heavy atom. The zero-order chi connectivity index (χ0) is 14.4. The summed E-state index contributed by atoms with van der Waals surface area (Å²) in [6.45, 7) is 6.72. The van der Waals surface area contributed by atoms with E-state index in [9.17, 15) is 0 Å². The summed E-state index contributed by atoms with van der Waals surface area (Å²) < 4.78 is 12.3. The van der Waals surface area contributed by atoms with Gasteiger partial charge in [-0.05, 0) is 24.2 Å². The van der Waals surface area contributed by atoms with E-state index in [4.69, 9.17) is 9.31 Å². The van der Waals surface area contributed by atoms with Gasteiger partial charge in [-0.15, -0.1) is 0 Å². The topological polar surface area (TPSA) is 18.5 Å². The fourth-order valence-corrected chi connectivity index (χ4v) is 2.74. The maximum Gasteiger partial charge on any atom is 0.494 e. The molecular formula is C17H27BO2. The minimum Gasteiger partial charge on any atom is -0.404 e. The van der Waals surface area contributed by atoms with Gasteiger partial charge in [-0.2, -0.15) is 0 Å². The van der Waals surface area contributed by atoms with E-state index in [1.165, 1.54) is 19.3 Å². The van der Waals surface area contributed by atoms with E-state index in [1.54, 1.807) is 0 Å². The first kappa shape index (κ1) is 15.6. The predicted octanol–water partition coefficient (Wildman–Crippen LogP) is 3.79. The normalized spacial score (nSPS) is 23.3. The molecule has 110 valence electrons. The monoisotopic (exact) mass is 274 g/mol. The van der Waals surface area contributed by atoms with Gasteiger partial charge in [-0.3, -0.25) is 0 Å². The molecule has 0 spiro atoms. The van der Waals surface area contributed by atoms with Gasteiger partial charge in [0.2, 0.25) is 0 Å². The highest BCUT2D eigenvalue weighted by Gasteiger charge is 2.36. The number of hydrogen-bond acceptors (Lipinski definition) is 2. The minimum atomic E-state index is -0.191. The molecule has 0 aliphatic carbocycles. The molecule has 3 heteroatoms. The van der Waals surface area contributed by atoms with Crippen molar-refractivity contribution in [3.05, 3.63) is 30.3 Å². The van der Waals surface area contributed by atoms with E-state index in [2.05, 4.69) is 32.9 Å². The molecule has 1 aromatic carbocycles. The van der Waals surface area contributed by atoms with Gasteiger partial charge in [-0.25, -0.2) is 0 Å². The molecule has 0 unspecified atom stereocenters. The fourth-order valence-electron chi connectivity index (χ4n) is 2.74. The lowest BCUT2D eigenvalue weighted by molar-refractivity contribution is -0.00268. The van der Waals surface area contributed by atoms with Crippen molar-refractivity contribution >= 4 is 12.6 Å². The van der Waals surface area contributed by atoms with Crippen molar-refractivity contribution in [3.63, 3.8) is 0 Å². The maximum absolute atomic E-state index is 6.18. The van der Waals surface area contributed by atoms with Gasteiger partial charge in [0.1, 0.15) is 0 Å². The summed E-state index contributed by atoms with van der Waals surface area (Å²) in [5, 5.41) is 0. The van der Waals surface area contributed by atoms with Crippen LogP contribution in [0.4, 0.5) is 0 Å². The van der Waals surface area contributed by atoms with E-state index >= 15 is 0 Å². The fraction of sp³-hybridized carbons (Fsp3) is 0.647. The average molecular weight is 274 g/mol. The Bertz CT molecular complexity index is 380. The van der Waals surface area contributed by atoms with Crippen molar-refractivity contribution in [2.45, 2.75) is 65.1 Å². The summed E-state index contributed by atoms with van der Waals surface area (Å²) in [5.41, 5.74) is 1.14. The lowest BCUT2D eigenvalue weighted by Crippen LogP contribution is -2.49. The molecule has 0 radical (unpaired) electrons. The zero-order valence-electron chi connectivity index (χ0n) is 13.0. The third kappa shape index (κ3) is 4.36. The van der Waals surface area contributed by atoms with Crippen molar-refractivity contribution in [2.24, 2.45) is 5.92 Å². The summed E-state index contributed by atoms with van der Waals surface area (Å²) in [6.07, 6.45) is 6.65. The molecule has 1 aromatic rings. The van der Waals surface area contributed by atoms with Crippen LogP contribution >= 0.6 is 0 Å². The first-order valence-corrected chi connectivity index (χ1v) is 8.06. The van der Waals surface area contributed by atoms with Gasteiger partial charge < -0.3 is 9.31 Å². The van der Waals surface area contributed by atoms with Crippen LogP contribution in [0.15, 0.2) is 30.3 Å². The Kier molecular flexibility index (Phi) is 6.12. The summed E-state index contributed by atoms with van der Waals surface area (Å²) >= 11 is 0. The lowest BCUT2D eigenvalue weighted by atomic mass is 9.75. The van der Waals surface area contributed by atoms with Crippen LogP contribution in [0.1, 0.15) is 52.9 Å². The molecule has 1 fully saturated rings. The first-order valence-electron chi connectivity index (χ1n) is 8.06. The van der Waals surface area contributed by atoms with E-state index in [1.807, 2.05) is 18.2 Å². The molecule has 1 aliphatic rings. The van der Waals surface area contributed by atoms with Gasteiger partial charge >= 0.3 is 7.12 Å². The van der Waals surface area contributed by atoms with Crippen LogP contribution in [0, 0.1) is 5.92 Å². The van der Waals surface area contributed by atoms with Crippen LogP contribution < -0.4 is 5.46 Å². The van der Waals surface area contributed by atoms with E-state index < -0.39 is 0 Å². The SMILES string of the molecule is CCCCC[C@@H]1C[C@H](C(C)C)OB(c2ccccc2)O1. The Labute approximate surface area is 124 Å². The van der Waals surface area contributed by atoms with Crippen molar-refractivity contribution in [2.75, 3.05) is 0 Å². The molecule has 1 heterocycles. The Hall–Kier alpha value is -0.795. The first-order chi connectivity index (χ1) is 9.70. The lowest BCUT2D eigenvalue weighted by Gasteiger charge is -2.36. The van der Waals surface area contributed by atoms with E-state index in [0.717, 1.165) is 18.3 Å². The maximum atomic E-state index is 6.18. The van der Waals surface area contributed by atoms with Gasteiger partial charge in [-0.1, -0.05) is 70.4 Å². The van der Waals surface area contributed by atoms with Gasteiger partial charge in [0.25, 0.3) is 0 Å². The molecule has 0 aromatic heterocycles. The third-order valence-corrected chi connectivity index (χ3v) is 4.05. The van der Waals surface area contributed by atoms with Crippen LogP contribution in [-0.4, -0.2) is 19.3 Å². The quantitative estimate of drug-likeness (QED) is 0.580. The molecule has 1 aliphatic heterocycles. The Morgan fingerprint density at radius 1 is 1.15 bits per heavy atom. The second kappa shape index (κ2) is 7.85. The zero-order valence-corrected chi connectivity index (χ0v) is 13.0.